The van der Waals surface area contributed by atoms with Gasteiger partial charge in [-0.1, -0.05) is 0 Å². The van der Waals surface area contributed by atoms with Gasteiger partial charge in [0.2, 0.25) is 0 Å². The van der Waals surface area contributed by atoms with E-state index >= 15 is 0 Å². The highest BCUT2D eigenvalue weighted by Gasteiger charge is 2.35. The molecular formula is C7H11F3O2. The topological polar surface area (TPSA) is 18.5 Å². The van der Waals surface area contributed by atoms with Crippen LogP contribution < -0.4 is 0 Å². The molecule has 0 aromatic rings. The van der Waals surface area contributed by atoms with Crippen molar-refractivity contribution < 1.29 is 22.6 Å². The fourth-order valence-electron chi connectivity index (χ4n) is 0.559. The highest BCUT2D eigenvalue weighted by molar-refractivity contribution is 5.02. The predicted molar refractivity (Wildman–Crippen MR) is 37.6 cm³/mol. The SMILES string of the molecule is CO/C(=C\C(C)OC)C(F)(F)F. The Hall–Kier alpha value is -0.710. The number of hydrogen-bond donors (Lipinski definition) is 0. The Kier molecular flexibility index (Phi) is 4.09. The molecule has 0 radical (unpaired) electrons. The molecular weight excluding hydrogens is 173 g/mol. The molecule has 0 aliphatic rings. The first kappa shape index (κ1) is 11.3. The first-order valence-electron chi connectivity index (χ1n) is 3.27. The molecule has 12 heavy (non-hydrogen) atoms. The summed E-state index contributed by atoms with van der Waals surface area (Å²) in [6.45, 7) is 1.49. The molecule has 0 fully saturated rings. The average molecular weight is 184 g/mol. The highest BCUT2D eigenvalue weighted by atomic mass is 19.4. The number of allylic oxidation sites excluding steroid dienone is 1. The van der Waals surface area contributed by atoms with Gasteiger partial charge < -0.3 is 9.47 Å². The first-order chi connectivity index (χ1) is 5.41. The Bertz CT molecular complexity index is 163. The first-order valence-corrected chi connectivity index (χ1v) is 3.27. The summed E-state index contributed by atoms with van der Waals surface area (Å²) < 4.78 is 44.7. The van der Waals surface area contributed by atoms with E-state index in [9.17, 15) is 13.2 Å². The van der Waals surface area contributed by atoms with Crippen LogP contribution in [0.3, 0.4) is 0 Å². The van der Waals surface area contributed by atoms with Crippen LogP contribution in [0.2, 0.25) is 0 Å². The zero-order valence-electron chi connectivity index (χ0n) is 7.11. The Labute approximate surface area is 69.0 Å². The molecule has 2 nitrogen and oxygen atoms in total. The van der Waals surface area contributed by atoms with Crippen molar-refractivity contribution in [2.45, 2.75) is 19.2 Å². The van der Waals surface area contributed by atoms with E-state index in [1.165, 1.54) is 14.0 Å². The lowest BCUT2D eigenvalue weighted by Crippen LogP contribution is -2.16. The van der Waals surface area contributed by atoms with Crippen LogP contribution in [0.25, 0.3) is 0 Å². The van der Waals surface area contributed by atoms with E-state index in [1.54, 1.807) is 0 Å². The molecule has 0 spiro atoms. The number of rotatable bonds is 3. The van der Waals surface area contributed by atoms with Gasteiger partial charge in [0.25, 0.3) is 0 Å². The minimum atomic E-state index is -4.44. The van der Waals surface area contributed by atoms with Crippen molar-refractivity contribution >= 4 is 0 Å². The standard InChI is InChI=1S/C7H11F3O2/c1-5(11-2)4-6(12-3)7(8,9)10/h4-5H,1-3H3/b6-4-. The van der Waals surface area contributed by atoms with E-state index in [1.807, 2.05) is 0 Å². The molecule has 72 valence electrons. The quantitative estimate of drug-likeness (QED) is 0.625. The molecule has 0 aromatic heterocycles. The van der Waals surface area contributed by atoms with Crippen LogP contribution in [0, 0.1) is 0 Å². The minimum Gasteiger partial charge on any atom is -0.492 e. The summed E-state index contributed by atoms with van der Waals surface area (Å²) in [6.07, 6.45) is -4.18. The zero-order chi connectivity index (χ0) is 9.78. The molecule has 0 heterocycles. The van der Waals surface area contributed by atoms with Gasteiger partial charge in [-0.3, -0.25) is 0 Å². The van der Waals surface area contributed by atoms with Crippen LogP contribution in [0.5, 0.6) is 0 Å². The maximum absolute atomic E-state index is 12.0. The fraction of sp³-hybridized carbons (Fsp3) is 0.714. The molecule has 0 aliphatic carbocycles. The third-order valence-electron chi connectivity index (χ3n) is 1.26. The molecule has 0 rings (SSSR count). The van der Waals surface area contributed by atoms with Crippen molar-refractivity contribution in [1.29, 1.82) is 0 Å². The number of ether oxygens (including phenoxy) is 2. The minimum absolute atomic E-state index is 0.610. The number of alkyl halides is 3. The van der Waals surface area contributed by atoms with Gasteiger partial charge >= 0.3 is 6.18 Å². The van der Waals surface area contributed by atoms with E-state index < -0.39 is 18.0 Å². The summed E-state index contributed by atoms with van der Waals surface area (Å²) in [7, 11) is 2.30. The van der Waals surface area contributed by atoms with Crippen LogP contribution >= 0.6 is 0 Å². The average Bonchev–Trinajstić information content (AvgIpc) is 1.97. The Morgan fingerprint density at radius 2 is 1.83 bits per heavy atom. The van der Waals surface area contributed by atoms with Gasteiger partial charge in [0.05, 0.1) is 13.2 Å². The maximum atomic E-state index is 12.0. The number of hydrogen-bond acceptors (Lipinski definition) is 2. The van der Waals surface area contributed by atoms with E-state index in [4.69, 9.17) is 0 Å². The van der Waals surface area contributed by atoms with E-state index in [0.29, 0.717) is 0 Å². The maximum Gasteiger partial charge on any atom is 0.448 e. The molecule has 0 amide bonds. The van der Waals surface area contributed by atoms with Crippen molar-refractivity contribution in [2.24, 2.45) is 0 Å². The van der Waals surface area contributed by atoms with Crippen LogP contribution in [0.4, 0.5) is 13.2 Å². The Morgan fingerprint density at radius 3 is 2.08 bits per heavy atom. The molecule has 5 heteroatoms. The molecule has 0 saturated carbocycles. The summed E-state index contributed by atoms with van der Waals surface area (Å²) in [5.74, 6) is -1.03. The van der Waals surface area contributed by atoms with Gasteiger partial charge in [0, 0.05) is 7.11 Å². The summed E-state index contributed by atoms with van der Waals surface area (Å²) in [5.41, 5.74) is 0. The lowest BCUT2D eigenvalue weighted by atomic mass is 10.3. The second kappa shape index (κ2) is 4.35. The molecule has 0 N–H and O–H groups in total. The number of halogens is 3. The van der Waals surface area contributed by atoms with Gasteiger partial charge in [0.1, 0.15) is 0 Å². The van der Waals surface area contributed by atoms with Crippen molar-refractivity contribution in [3.05, 3.63) is 11.8 Å². The predicted octanol–water partition coefficient (Wildman–Crippen LogP) is 2.11. The molecule has 0 saturated heterocycles. The third-order valence-corrected chi connectivity index (χ3v) is 1.26. The molecule has 0 aliphatic heterocycles. The summed E-state index contributed by atoms with van der Waals surface area (Å²) >= 11 is 0. The van der Waals surface area contributed by atoms with Gasteiger partial charge in [-0.2, -0.15) is 13.2 Å². The van der Waals surface area contributed by atoms with Crippen LogP contribution in [-0.4, -0.2) is 26.5 Å². The normalized spacial score (nSPS) is 16.0. The summed E-state index contributed by atoms with van der Waals surface area (Å²) in [5, 5.41) is 0. The lowest BCUT2D eigenvalue weighted by molar-refractivity contribution is -0.127. The van der Waals surface area contributed by atoms with Crippen LogP contribution in [0.1, 0.15) is 6.92 Å². The van der Waals surface area contributed by atoms with Crippen molar-refractivity contribution in [1.82, 2.24) is 0 Å². The third kappa shape index (κ3) is 3.61. The summed E-state index contributed by atoms with van der Waals surface area (Å²) in [6, 6.07) is 0. The smallest absolute Gasteiger partial charge is 0.448 e. The second-order valence-corrected chi connectivity index (χ2v) is 2.17. The van der Waals surface area contributed by atoms with Crippen molar-refractivity contribution in [2.75, 3.05) is 14.2 Å². The lowest BCUT2D eigenvalue weighted by Gasteiger charge is -2.11. The van der Waals surface area contributed by atoms with Crippen LogP contribution in [0.15, 0.2) is 11.8 Å². The van der Waals surface area contributed by atoms with E-state index in [0.717, 1.165) is 13.2 Å². The fourth-order valence-corrected chi connectivity index (χ4v) is 0.559. The van der Waals surface area contributed by atoms with Crippen molar-refractivity contribution in [3.8, 4) is 0 Å². The van der Waals surface area contributed by atoms with E-state index in [-0.39, 0.29) is 0 Å². The zero-order valence-corrected chi connectivity index (χ0v) is 7.11. The largest absolute Gasteiger partial charge is 0.492 e. The molecule has 1 atom stereocenters. The van der Waals surface area contributed by atoms with Gasteiger partial charge in [0.15, 0.2) is 5.76 Å². The number of methoxy groups -OCH3 is 2. The van der Waals surface area contributed by atoms with Crippen molar-refractivity contribution in [3.63, 3.8) is 0 Å². The molecule has 0 aromatic carbocycles. The van der Waals surface area contributed by atoms with Crippen LogP contribution in [-0.2, 0) is 9.47 Å². The summed E-state index contributed by atoms with van der Waals surface area (Å²) in [4.78, 5) is 0. The van der Waals surface area contributed by atoms with E-state index in [2.05, 4.69) is 9.47 Å². The van der Waals surface area contributed by atoms with Gasteiger partial charge in [-0.25, -0.2) is 0 Å². The van der Waals surface area contributed by atoms with Gasteiger partial charge in [-0.15, -0.1) is 0 Å². The second-order valence-electron chi connectivity index (χ2n) is 2.17. The Balaban J connectivity index is 4.44. The highest BCUT2D eigenvalue weighted by Crippen LogP contribution is 2.26. The Morgan fingerprint density at radius 1 is 1.33 bits per heavy atom. The van der Waals surface area contributed by atoms with Gasteiger partial charge in [-0.05, 0) is 13.0 Å². The molecule has 1 unspecified atom stereocenters. The molecule has 0 bridgehead atoms. The monoisotopic (exact) mass is 184 g/mol.